The van der Waals surface area contributed by atoms with Crippen molar-refractivity contribution >= 4 is 75.4 Å². The number of benzene rings is 10. The SMILES string of the molecule is c1cc(-c2ccc3c4ccccc4c4ccccc4c3c2)c2cc(-c3ccc4ccc5cccc6ccc3c4c56)ccc2c1. The van der Waals surface area contributed by atoms with Crippen LogP contribution >= 0.6 is 0 Å². The molecule has 0 atom stereocenters. The van der Waals surface area contributed by atoms with Crippen LogP contribution in [0.4, 0.5) is 0 Å². The first-order valence-electron chi connectivity index (χ1n) is 15.4. The van der Waals surface area contributed by atoms with E-state index in [1.807, 2.05) is 0 Å². The van der Waals surface area contributed by atoms with Crippen LogP contribution in [0.5, 0.6) is 0 Å². The molecule has 0 unspecified atom stereocenters. The summed E-state index contributed by atoms with van der Waals surface area (Å²) in [6.07, 6.45) is 0. The molecule has 10 aromatic carbocycles. The number of rotatable bonds is 2. The second-order valence-corrected chi connectivity index (χ2v) is 12.1. The normalized spacial score (nSPS) is 12.1. The van der Waals surface area contributed by atoms with Gasteiger partial charge in [-0.15, -0.1) is 0 Å². The summed E-state index contributed by atoms with van der Waals surface area (Å²) in [5.74, 6) is 0. The van der Waals surface area contributed by atoms with Crippen molar-refractivity contribution in [1.82, 2.24) is 0 Å². The molecule has 0 aliphatic carbocycles. The van der Waals surface area contributed by atoms with E-state index in [0.717, 1.165) is 0 Å². The molecule has 44 heavy (non-hydrogen) atoms. The van der Waals surface area contributed by atoms with E-state index in [1.165, 1.54) is 97.7 Å². The Morgan fingerprint density at radius 1 is 0.227 bits per heavy atom. The molecule has 0 saturated heterocycles. The van der Waals surface area contributed by atoms with E-state index in [-0.39, 0.29) is 0 Å². The minimum atomic E-state index is 1.25. The molecular formula is C44H26. The van der Waals surface area contributed by atoms with Gasteiger partial charge in [-0.1, -0.05) is 146 Å². The van der Waals surface area contributed by atoms with Gasteiger partial charge in [-0.25, -0.2) is 0 Å². The number of hydrogen-bond acceptors (Lipinski definition) is 0. The Bertz CT molecular complexity index is 2710. The van der Waals surface area contributed by atoms with Crippen LogP contribution in [0, 0.1) is 0 Å². The second-order valence-electron chi connectivity index (χ2n) is 12.1. The molecule has 0 heterocycles. The van der Waals surface area contributed by atoms with E-state index in [4.69, 9.17) is 0 Å². The highest BCUT2D eigenvalue weighted by atomic mass is 14.2. The molecule has 0 radical (unpaired) electrons. The molecule has 0 bridgehead atoms. The van der Waals surface area contributed by atoms with Crippen LogP contribution < -0.4 is 0 Å². The fraction of sp³-hybridized carbons (Fsp3) is 0. The van der Waals surface area contributed by atoms with Gasteiger partial charge >= 0.3 is 0 Å². The highest BCUT2D eigenvalue weighted by Gasteiger charge is 2.14. The Labute approximate surface area is 254 Å². The average molecular weight is 555 g/mol. The summed E-state index contributed by atoms with van der Waals surface area (Å²) in [4.78, 5) is 0. The Morgan fingerprint density at radius 3 is 1.41 bits per heavy atom. The first-order valence-corrected chi connectivity index (χ1v) is 15.4. The minimum absolute atomic E-state index is 1.25. The molecule has 0 nitrogen and oxygen atoms in total. The van der Waals surface area contributed by atoms with Crippen molar-refractivity contribution in [2.45, 2.75) is 0 Å². The van der Waals surface area contributed by atoms with E-state index < -0.39 is 0 Å². The van der Waals surface area contributed by atoms with E-state index >= 15 is 0 Å². The van der Waals surface area contributed by atoms with E-state index in [1.54, 1.807) is 0 Å². The van der Waals surface area contributed by atoms with Gasteiger partial charge in [0, 0.05) is 0 Å². The topological polar surface area (TPSA) is 0 Å². The lowest BCUT2D eigenvalue weighted by atomic mass is 9.88. The van der Waals surface area contributed by atoms with Gasteiger partial charge in [-0.2, -0.15) is 0 Å². The molecule has 0 aliphatic rings. The molecule has 10 aromatic rings. The molecule has 0 amide bonds. The summed E-state index contributed by atoms with van der Waals surface area (Å²) in [6, 6.07) is 58.7. The molecule has 10 rings (SSSR count). The maximum absolute atomic E-state index is 2.40. The summed E-state index contributed by atoms with van der Waals surface area (Å²) in [5.41, 5.74) is 5.04. The summed E-state index contributed by atoms with van der Waals surface area (Å²) >= 11 is 0. The van der Waals surface area contributed by atoms with Gasteiger partial charge in [-0.05, 0) is 110 Å². The van der Waals surface area contributed by atoms with Crippen LogP contribution in [0.3, 0.4) is 0 Å². The summed E-state index contributed by atoms with van der Waals surface area (Å²) in [7, 11) is 0. The molecule has 0 aliphatic heterocycles. The largest absolute Gasteiger partial charge is 0.0616 e. The fourth-order valence-corrected chi connectivity index (χ4v) is 7.75. The molecule has 0 saturated carbocycles. The van der Waals surface area contributed by atoms with E-state index in [9.17, 15) is 0 Å². The Kier molecular flexibility index (Phi) is 4.81. The van der Waals surface area contributed by atoms with Crippen molar-refractivity contribution in [3.63, 3.8) is 0 Å². The molecule has 202 valence electrons. The summed E-state index contributed by atoms with van der Waals surface area (Å²) < 4.78 is 0. The van der Waals surface area contributed by atoms with Gasteiger partial charge < -0.3 is 0 Å². The second kappa shape index (κ2) is 8.89. The smallest absolute Gasteiger partial charge is 0.00206 e. The van der Waals surface area contributed by atoms with Gasteiger partial charge in [0.2, 0.25) is 0 Å². The summed E-state index contributed by atoms with van der Waals surface area (Å²) in [6.45, 7) is 0. The van der Waals surface area contributed by atoms with E-state index in [2.05, 4.69) is 158 Å². The van der Waals surface area contributed by atoms with Crippen molar-refractivity contribution < 1.29 is 0 Å². The first-order chi connectivity index (χ1) is 21.8. The number of hydrogen-bond donors (Lipinski definition) is 0. The van der Waals surface area contributed by atoms with Crippen molar-refractivity contribution in [3.05, 3.63) is 158 Å². The molecule has 0 aromatic heterocycles. The van der Waals surface area contributed by atoms with Crippen molar-refractivity contribution in [3.8, 4) is 22.3 Å². The predicted octanol–water partition coefficient (Wildman–Crippen LogP) is 12.5. The van der Waals surface area contributed by atoms with Crippen LogP contribution in [0.25, 0.3) is 97.7 Å². The van der Waals surface area contributed by atoms with Gasteiger partial charge in [0.1, 0.15) is 0 Å². The van der Waals surface area contributed by atoms with E-state index in [0.29, 0.717) is 0 Å². The van der Waals surface area contributed by atoms with Gasteiger partial charge in [0.15, 0.2) is 0 Å². The molecular weight excluding hydrogens is 528 g/mol. The zero-order valence-electron chi connectivity index (χ0n) is 24.0. The molecule has 0 fully saturated rings. The zero-order chi connectivity index (χ0) is 28.8. The van der Waals surface area contributed by atoms with Crippen LogP contribution in [0.15, 0.2) is 158 Å². The third-order valence-electron chi connectivity index (χ3n) is 9.78. The van der Waals surface area contributed by atoms with Gasteiger partial charge in [-0.3, -0.25) is 0 Å². The lowest BCUT2D eigenvalue weighted by molar-refractivity contribution is 1.67. The van der Waals surface area contributed by atoms with Crippen molar-refractivity contribution in [1.29, 1.82) is 0 Å². The molecule has 0 spiro atoms. The van der Waals surface area contributed by atoms with Gasteiger partial charge in [0.05, 0.1) is 0 Å². The van der Waals surface area contributed by atoms with Gasteiger partial charge in [0.25, 0.3) is 0 Å². The van der Waals surface area contributed by atoms with Crippen molar-refractivity contribution in [2.75, 3.05) is 0 Å². The number of fused-ring (bicyclic) bond motifs is 7. The Hall–Kier alpha value is -5.72. The fourth-order valence-electron chi connectivity index (χ4n) is 7.75. The quantitative estimate of drug-likeness (QED) is 0.186. The highest BCUT2D eigenvalue weighted by molar-refractivity contribution is 6.27. The maximum atomic E-state index is 2.40. The Morgan fingerprint density at radius 2 is 0.682 bits per heavy atom. The maximum Gasteiger partial charge on any atom is -0.00206 e. The highest BCUT2D eigenvalue weighted by Crippen LogP contribution is 2.42. The van der Waals surface area contributed by atoms with Crippen LogP contribution in [0.2, 0.25) is 0 Å². The third kappa shape index (κ3) is 3.28. The monoisotopic (exact) mass is 554 g/mol. The minimum Gasteiger partial charge on any atom is -0.0616 e. The van der Waals surface area contributed by atoms with Crippen LogP contribution in [-0.4, -0.2) is 0 Å². The van der Waals surface area contributed by atoms with Crippen molar-refractivity contribution in [2.24, 2.45) is 0 Å². The Balaban J connectivity index is 1.22. The first kappa shape index (κ1) is 23.8. The lowest BCUT2D eigenvalue weighted by Crippen LogP contribution is -1.88. The third-order valence-corrected chi connectivity index (χ3v) is 9.78. The summed E-state index contributed by atoms with van der Waals surface area (Å²) in [5, 5.41) is 18.3. The van der Waals surface area contributed by atoms with Crippen LogP contribution in [0.1, 0.15) is 0 Å². The molecule has 0 N–H and O–H groups in total. The van der Waals surface area contributed by atoms with Crippen LogP contribution in [-0.2, 0) is 0 Å². The lowest BCUT2D eigenvalue weighted by Gasteiger charge is -2.16. The molecule has 0 heteroatoms. The zero-order valence-corrected chi connectivity index (χ0v) is 24.0. The predicted molar refractivity (Wildman–Crippen MR) is 191 cm³/mol. The standard InChI is InChI=1S/C44H26/c1-2-12-37-35(10-1)36-11-3-4-13-38(36)42-26-32(21-23-39(37)42)33-14-6-7-27-15-18-31(25-41(27)33)34-22-19-30-17-16-28-8-5-9-29-20-24-40(34)44(30)43(28)29/h1-26H. The average Bonchev–Trinajstić information content (AvgIpc) is 3.10.